The summed E-state index contributed by atoms with van der Waals surface area (Å²) in [7, 11) is 1.98. The predicted octanol–water partition coefficient (Wildman–Crippen LogP) is 4.16. The Balaban J connectivity index is 1.63. The van der Waals surface area contributed by atoms with Gasteiger partial charge in [0.1, 0.15) is 11.3 Å². The Labute approximate surface area is 185 Å². The third-order valence-corrected chi connectivity index (χ3v) is 6.48. The summed E-state index contributed by atoms with van der Waals surface area (Å²) in [6, 6.07) is 11.8. The summed E-state index contributed by atoms with van der Waals surface area (Å²) in [4.78, 5) is 22.9. The lowest BCUT2D eigenvalue weighted by molar-refractivity contribution is 0.646. The summed E-state index contributed by atoms with van der Waals surface area (Å²) >= 11 is 0. The zero-order valence-corrected chi connectivity index (χ0v) is 18.4. The first kappa shape index (κ1) is 19.0. The minimum atomic E-state index is -0.142. The zero-order chi connectivity index (χ0) is 22.0. The van der Waals surface area contributed by atoms with Crippen molar-refractivity contribution < 1.29 is 0 Å². The van der Waals surface area contributed by atoms with Crippen LogP contribution in [0.15, 0.2) is 53.6 Å². The second-order valence-corrected chi connectivity index (χ2v) is 8.82. The maximum atomic E-state index is 13.9. The smallest absolute Gasteiger partial charge is 0.281 e. The summed E-state index contributed by atoms with van der Waals surface area (Å²) in [5.74, 6) is 1.61. The quantitative estimate of drug-likeness (QED) is 0.434. The molecule has 1 aromatic carbocycles. The molecule has 0 unspecified atom stereocenters. The van der Waals surface area contributed by atoms with E-state index in [4.69, 9.17) is 5.10 Å². The highest BCUT2D eigenvalue weighted by Gasteiger charge is 2.25. The fraction of sp³-hybridized carbons (Fsp3) is 0.280. The first-order valence-electron chi connectivity index (χ1n) is 11.0. The lowest BCUT2D eigenvalue weighted by Gasteiger charge is -2.13. The number of aryl methyl sites for hydroxylation is 3. The van der Waals surface area contributed by atoms with Crippen LogP contribution in [0.2, 0.25) is 0 Å². The number of pyridine rings is 1. The van der Waals surface area contributed by atoms with Gasteiger partial charge in [0.15, 0.2) is 0 Å². The highest BCUT2D eigenvalue weighted by Crippen LogP contribution is 2.33. The van der Waals surface area contributed by atoms with Crippen LogP contribution < -0.4 is 5.56 Å². The normalized spacial score (nSPS) is 14.0. The lowest BCUT2D eigenvalue weighted by Crippen LogP contribution is -2.24. The molecule has 32 heavy (non-hydrogen) atoms. The molecule has 160 valence electrons. The summed E-state index contributed by atoms with van der Waals surface area (Å²) < 4.78 is 5.73. The number of imidazole rings is 1. The van der Waals surface area contributed by atoms with E-state index in [0.717, 1.165) is 51.4 Å². The van der Waals surface area contributed by atoms with Crippen LogP contribution in [0, 0.1) is 19.8 Å². The van der Waals surface area contributed by atoms with Crippen molar-refractivity contribution in [1.82, 2.24) is 28.9 Å². The average molecular weight is 425 g/mol. The second-order valence-electron chi connectivity index (χ2n) is 8.82. The molecule has 0 aliphatic heterocycles. The van der Waals surface area contributed by atoms with E-state index in [-0.39, 0.29) is 5.56 Å². The summed E-state index contributed by atoms with van der Waals surface area (Å²) in [6.07, 6.45) is 6.34. The standard InChI is InChI=1S/C25H24N6O/c1-15-4-7-18(13-26-15)23-24-21(10-11-30(24)14-17-5-6-17)28-31(25(23)32)19-8-9-20-22(12-19)29(3)16(2)27-20/h4,7-13,17H,5-6,14H2,1-3H3. The fourth-order valence-electron chi connectivity index (χ4n) is 4.39. The molecule has 1 saturated carbocycles. The average Bonchev–Trinajstić information content (AvgIpc) is 3.46. The molecule has 0 amide bonds. The largest absolute Gasteiger partial charge is 0.345 e. The maximum Gasteiger partial charge on any atom is 0.281 e. The van der Waals surface area contributed by atoms with Crippen molar-refractivity contribution in [3.8, 4) is 16.8 Å². The molecule has 0 saturated heterocycles. The Morgan fingerprint density at radius 2 is 1.91 bits per heavy atom. The number of rotatable bonds is 4. The van der Waals surface area contributed by atoms with Gasteiger partial charge in [-0.05, 0) is 62.9 Å². The Morgan fingerprint density at radius 1 is 1.06 bits per heavy atom. The molecule has 7 heteroatoms. The molecular weight excluding hydrogens is 400 g/mol. The van der Waals surface area contributed by atoms with Crippen molar-refractivity contribution in [3.05, 3.63) is 70.7 Å². The van der Waals surface area contributed by atoms with Gasteiger partial charge in [-0.15, -0.1) is 0 Å². The SMILES string of the molecule is Cc1ccc(-c2c(=O)n(-c3ccc4nc(C)n(C)c4c3)nc3ccn(CC4CC4)c23)cn1. The van der Waals surface area contributed by atoms with E-state index >= 15 is 0 Å². The third kappa shape index (κ3) is 2.96. The van der Waals surface area contributed by atoms with Crippen LogP contribution in [-0.2, 0) is 13.6 Å². The van der Waals surface area contributed by atoms with Gasteiger partial charge in [0.2, 0.25) is 0 Å². The van der Waals surface area contributed by atoms with Crippen molar-refractivity contribution in [2.75, 3.05) is 0 Å². The molecule has 5 aromatic rings. The van der Waals surface area contributed by atoms with Crippen LogP contribution in [0.4, 0.5) is 0 Å². The van der Waals surface area contributed by atoms with E-state index in [0.29, 0.717) is 11.5 Å². The maximum absolute atomic E-state index is 13.9. The van der Waals surface area contributed by atoms with E-state index < -0.39 is 0 Å². The molecule has 0 spiro atoms. The highest BCUT2D eigenvalue weighted by atomic mass is 16.1. The lowest BCUT2D eigenvalue weighted by atomic mass is 10.1. The van der Waals surface area contributed by atoms with Crippen LogP contribution in [-0.4, -0.2) is 28.9 Å². The van der Waals surface area contributed by atoms with Gasteiger partial charge in [-0.3, -0.25) is 9.78 Å². The van der Waals surface area contributed by atoms with Crippen LogP contribution in [0.25, 0.3) is 38.9 Å². The molecule has 4 heterocycles. The van der Waals surface area contributed by atoms with Crippen LogP contribution in [0.5, 0.6) is 0 Å². The molecule has 1 fully saturated rings. The van der Waals surface area contributed by atoms with Crippen molar-refractivity contribution in [3.63, 3.8) is 0 Å². The Bertz CT molecular complexity index is 1550. The highest BCUT2D eigenvalue weighted by molar-refractivity contribution is 5.91. The molecule has 0 N–H and O–H groups in total. The molecule has 0 radical (unpaired) electrons. The molecule has 6 rings (SSSR count). The minimum Gasteiger partial charge on any atom is -0.345 e. The summed E-state index contributed by atoms with van der Waals surface area (Å²) in [5, 5.41) is 4.77. The summed E-state index contributed by atoms with van der Waals surface area (Å²) in [6.45, 7) is 4.84. The van der Waals surface area contributed by atoms with Gasteiger partial charge >= 0.3 is 0 Å². The van der Waals surface area contributed by atoms with Gasteiger partial charge in [0.05, 0.1) is 27.8 Å². The third-order valence-electron chi connectivity index (χ3n) is 6.48. The molecule has 0 atom stereocenters. The van der Waals surface area contributed by atoms with E-state index in [1.54, 1.807) is 6.20 Å². The van der Waals surface area contributed by atoms with Gasteiger partial charge in [-0.2, -0.15) is 9.78 Å². The Morgan fingerprint density at radius 3 is 2.66 bits per heavy atom. The first-order chi connectivity index (χ1) is 15.5. The van der Waals surface area contributed by atoms with E-state index in [9.17, 15) is 4.79 Å². The second kappa shape index (κ2) is 6.88. The number of hydrogen-bond donors (Lipinski definition) is 0. The topological polar surface area (TPSA) is 70.5 Å². The Kier molecular flexibility index (Phi) is 4.08. The van der Waals surface area contributed by atoms with E-state index in [1.807, 2.05) is 61.9 Å². The number of nitrogens with zero attached hydrogens (tertiary/aromatic N) is 6. The van der Waals surface area contributed by atoms with Crippen LogP contribution in [0.1, 0.15) is 24.4 Å². The van der Waals surface area contributed by atoms with Crippen LogP contribution in [0.3, 0.4) is 0 Å². The number of fused-ring (bicyclic) bond motifs is 2. The number of aromatic nitrogens is 6. The van der Waals surface area contributed by atoms with Gasteiger partial charge in [-0.1, -0.05) is 6.07 Å². The monoisotopic (exact) mass is 424 g/mol. The van der Waals surface area contributed by atoms with Gasteiger partial charge in [-0.25, -0.2) is 4.98 Å². The van der Waals surface area contributed by atoms with Crippen molar-refractivity contribution in [2.24, 2.45) is 13.0 Å². The summed E-state index contributed by atoms with van der Waals surface area (Å²) in [5.41, 5.74) is 6.54. The Hall–Kier alpha value is -3.74. The van der Waals surface area contributed by atoms with E-state index in [2.05, 4.69) is 20.7 Å². The van der Waals surface area contributed by atoms with Gasteiger partial charge in [0, 0.05) is 37.2 Å². The van der Waals surface area contributed by atoms with Crippen molar-refractivity contribution in [2.45, 2.75) is 33.2 Å². The number of hydrogen-bond acceptors (Lipinski definition) is 4. The van der Waals surface area contributed by atoms with E-state index in [1.165, 1.54) is 17.5 Å². The fourth-order valence-corrected chi connectivity index (χ4v) is 4.39. The molecule has 0 bridgehead atoms. The number of benzene rings is 1. The van der Waals surface area contributed by atoms with Crippen molar-refractivity contribution >= 4 is 22.1 Å². The molecule has 1 aliphatic carbocycles. The zero-order valence-electron chi connectivity index (χ0n) is 18.4. The minimum absolute atomic E-state index is 0.142. The molecule has 4 aromatic heterocycles. The van der Waals surface area contributed by atoms with Gasteiger partial charge in [0.25, 0.3) is 5.56 Å². The predicted molar refractivity (Wildman–Crippen MR) is 125 cm³/mol. The van der Waals surface area contributed by atoms with Crippen molar-refractivity contribution in [1.29, 1.82) is 0 Å². The first-order valence-corrected chi connectivity index (χ1v) is 11.0. The molecular formula is C25H24N6O. The van der Waals surface area contributed by atoms with Crippen LogP contribution >= 0.6 is 0 Å². The molecule has 7 nitrogen and oxygen atoms in total. The molecule has 1 aliphatic rings. The van der Waals surface area contributed by atoms with Gasteiger partial charge < -0.3 is 9.13 Å².